The minimum atomic E-state index is -0.303. The van der Waals surface area contributed by atoms with Gasteiger partial charge in [-0.2, -0.15) is 0 Å². The lowest BCUT2D eigenvalue weighted by Crippen LogP contribution is -2.37. The van der Waals surface area contributed by atoms with Gasteiger partial charge in [-0.3, -0.25) is 19.2 Å². The predicted octanol–water partition coefficient (Wildman–Crippen LogP) is 7.64. The Bertz CT molecular complexity index is 759. The number of carbonyl (C=O) groups is 4. The molecule has 0 unspecified atom stereocenters. The lowest BCUT2D eigenvalue weighted by Gasteiger charge is -2.24. The zero-order valence-corrected chi connectivity index (χ0v) is 31.7. The average molecular weight is 685 g/mol. The van der Waals surface area contributed by atoms with Gasteiger partial charge in [-0.15, -0.1) is 0 Å². The van der Waals surface area contributed by atoms with Crippen molar-refractivity contribution in [2.24, 2.45) is 0 Å². The maximum atomic E-state index is 12.5. The van der Waals surface area contributed by atoms with Gasteiger partial charge in [0.2, 0.25) is 11.8 Å². The summed E-state index contributed by atoms with van der Waals surface area (Å²) in [6, 6.07) is 0. The van der Waals surface area contributed by atoms with Crippen molar-refractivity contribution in [3.05, 3.63) is 0 Å². The van der Waals surface area contributed by atoms with E-state index in [1.807, 2.05) is 41.8 Å². The molecule has 0 aromatic heterocycles. The van der Waals surface area contributed by atoms with Gasteiger partial charge < -0.3 is 28.7 Å². The summed E-state index contributed by atoms with van der Waals surface area (Å²) in [5, 5.41) is 0. The molecule has 282 valence electrons. The fraction of sp³-hybridized carbons (Fsp3) is 0.895. The Morgan fingerprint density at radius 2 is 0.729 bits per heavy atom. The molecule has 0 rings (SSSR count). The third-order valence-corrected chi connectivity index (χ3v) is 8.81. The van der Waals surface area contributed by atoms with E-state index in [9.17, 15) is 19.2 Å². The van der Waals surface area contributed by atoms with Crippen molar-refractivity contribution in [1.82, 2.24) is 9.80 Å². The van der Waals surface area contributed by atoms with Crippen LogP contribution >= 0.6 is 0 Å². The monoisotopic (exact) mass is 685 g/mol. The number of rotatable bonds is 33. The molecule has 2 amide bonds. The predicted molar refractivity (Wildman–Crippen MR) is 192 cm³/mol. The Labute approximate surface area is 293 Å². The second kappa shape index (κ2) is 32.0. The number of nitrogens with zero attached hydrogens (tertiary/aromatic N) is 2. The lowest BCUT2D eigenvalue weighted by molar-refractivity contribution is -0.145. The van der Waals surface area contributed by atoms with E-state index in [-0.39, 0.29) is 49.2 Å². The highest BCUT2D eigenvalue weighted by atomic mass is 16.5. The van der Waals surface area contributed by atoms with Gasteiger partial charge in [0.15, 0.2) is 0 Å². The molecule has 0 bridgehead atoms. The van der Waals surface area contributed by atoms with Crippen molar-refractivity contribution in [3.63, 3.8) is 0 Å². The third-order valence-electron chi connectivity index (χ3n) is 8.81. The first-order chi connectivity index (χ1) is 23.1. The van der Waals surface area contributed by atoms with Gasteiger partial charge in [0.25, 0.3) is 0 Å². The van der Waals surface area contributed by atoms with E-state index in [4.69, 9.17) is 18.9 Å². The molecule has 2 atom stereocenters. The molecule has 0 aromatic carbocycles. The molecule has 0 aliphatic heterocycles. The number of likely N-dealkylation sites (N-methyl/N-ethyl adjacent to an activating group) is 2. The summed E-state index contributed by atoms with van der Waals surface area (Å²) < 4.78 is 21.5. The highest BCUT2D eigenvalue weighted by Gasteiger charge is 2.19. The summed E-state index contributed by atoms with van der Waals surface area (Å²) in [7, 11) is 3.64. The molecule has 0 N–H and O–H groups in total. The van der Waals surface area contributed by atoms with Crippen molar-refractivity contribution >= 4 is 23.8 Å². The van der Waals surface area contributed by atoms with Crippen molar-refractivity contribution in [3.8, 4) is 0 Å². The molecule has 0 radical (unpaired) electrons. The number of ether oxygens (including phenoxy) is 4. The van der Waals surface area contributed by atoms with Crippen molar-refractivity contribution in [2.75, 3.05) is 53.6 Å². The van der Waals surface area contributed by atoms with Crippen LogP contribution in [0.25, 0.3) is 0 Å². The van der Waals surface area contributed by atoms with Gasteiger partial charge in [0, 0.05) is 40.0 Å². The smallest absolute Gasteiger partial charge is 0.305 e. The standard InChI is InChI=1S/C38H72N2O8/c1-7-45-37(43)27-23-19-15-11-9-13-17-21-25-29-39(5)35(41)31-47-33(3)34(4)48-32-36(42)40(6)30-26-22-18-14-10-12-16-20-24-28-38(44)46-8-2/h33-34H,7-32H2,1-6H3/t33-,34-/m0/s1. The summed E-state index contributed by atoms with van der Waals surface area (Å²) >= 11 is 0. The Hall–Kier alpha value is -2.20. The summed E-state index contributed by atoms with van der Waals surface area (Å²) in [6.45, 7) is 9.78. The van der Waals surface area contributed by atoms with E-state index in [0.29, 0.717) is 26.1 Å². The van der Waals surface area contributed by atoms with E-state index < -0.39 is 0 Å². The number of hydrogen-bond donors (Lipinski definition) is 0. The highest BCUT2D eigenvalue weighted by Crippen LogP contribution is 2.13. The van der Waals surface area contributed by atoms with Gasteiger partial charge in [0.1, 0.15) is 13.2 Å². The molecule has 0 saturated heterocycles. The minimum absolute atomic E-state index is 0.00483. The topological polar surface area (TPSA) is 112 Å². The SMILES string of the molecule is CCOC(=O)CCCCCCCCCCCN(C)C(=O)CO[C@@H](C)[C@H](C)OCC(=O)N(C)CCCCCCCCCCCC(=O)OCC. The molecule has 0 spiro atoms. The van der Waals surface area contributed by atoms with Crippen LogP contribution < -0.4 is 0 Å². The molecular formula is C38H72N2O8. The zero-order valence-electron chi connectivity index (χ0n) is 31.7. The second-order valence-electron chi connectivity index (χ2n) is 13.1. The van der Waals surface area contributed by atoms with Crippen LogP contribution in [0, 0.1) is 0 Å². The first kappa shape index (κ1) is 45.8. The fourth-order valence-corrected chi connectivity index (χ4v) is 5.32. The molecule has 0 aliphatic carbocycles. The quantitative estimate of drug-likeness (QED) is 0.0512. The molecule has 0 aliphatic rings. The van der Waals surface area contributed by atoms with Crippen molar-refractivity contribution < 1.29 is 38.1 Å². The van der Waals surface area contributed by atoms with Crippen LogP contribution in [-0.4, -0.2) is 99.4 Å². The molecule has 0 saturated carbocycles. The average Bonchev–Trinajstić information content (AvgIpc) is 3.06. The minimum Gasteiger partial charge on any atom is -0.466 e. The molecule has 48 heavy (non-hydrogen) atoms. The van der Waals surface area contributed by atoms with Crippen LogP contribution in [0.3, 0.4) is 0 Å². The fourth-order valence-electron chi connectivity index (χ4n) is 5.32. The summed E-state index contributed by atoms with van der Waals surface area (Å²) in [4.78, 5) is 51.2. The van der Waals surface area contributed by atoms with Gasteiger partial charge in [-0.05, 0) is 53.4 Å². The largest absolute Gasteiger partial charge is 0.466 e. The first-order valence-electron chi connectivity index (χ1n) is 19.1. The van der Waals surface area contributed by atoms with E-state index in [2.05, 4.69) is 0 Å². The van der Waals surface area contributed by atoms with Crippen LogP contribution in [-0.2, 0) is 38.1 Å². The highest BCUT2D eigenvalue weighted by molar-refractivity contribution is 5.77. The molecule has 0 aromatic rings. The maximum absolute atomic E-state index is 12.5. The maximum Gasteiger partial charge on any atom is 0.305 e. The Morgan fingerprint density at radius 3 is 1.02 bits per heavy atom. The van der Waals surface area contributed by atoms with Gasteiger partial charge >= 0.3 is 11.9 Å². The summed E-state index contributed by atoms with van der Waals surface area (Å²) in [5.41, 5.74) is 0. The second-order valence-corrected chi connectivity index (χ2v) is 13.1. The normalized spacial score (nSPS) is 12.4. The van der Waals surface area contributed by atoms with E-state index >= 15 is 0 Å². The van der Waals surface area contributed by atoms with Gasteiger partial charge in [0.05, 0.1) is 25.4 Å². The zero-order chi connectivity index (χ0) is 35.8. The van der Waals surface area contributed by atoms with Gasteiger partial charge in [-0.1, -0.05) is 89.9 Å². The Balaban J connectivity index is 3.77. The molecule has 10 nitrogen and oxygen atoms in total. The Kier molecular flexibility index (Phi) is 30.6. The Morgan fingerprint density at radius 1 is 0.458 bits per heavy atom. The molecule has 10 heteroatoms. The molecular weight excluding hydrogens is 612 g/mol. The van der Waals surface area contributed by atoms with Crippen molar-refractivity contribution in [1.29, 1.82) is 0 Å². The number of hydrogen-bond acceptors (Lipinski definition) is 8. The van der Waals surface area contributed by atoms with E-state index in [1.54, 1.807) is 9.80 Å². The number of unbranched alkanes of at least 4 members (excludes halogenated alkanes) is 16. The van der Waals surface area contributed by atoms with Crippen LogP contribution in [0.1, 0.15) is 156 Å². The summed E-state index contributed by atoms with van der Waals surface area (Å²) in [6.07, 6.45) is 20.5. The third kappa shape index (κ3) is 27.7. The lowest BCUT2D eigenvalue weighted by atomic mass is 10.1. The molecule has 0 heterocycles. The number of carbonyl (C=O) groups excluding carboxylic acids is 4. The van der Waals surface area contributed by atoms with Crippen LogP contribution in [0.4, 0.5) is 0 Å². The first-order valence-corrected chi connectivity index (χ1v) is 19.1. The van der Waals surface area contributed by atoms with E-state index in [0.717, 1.165) is 77.3 Å². The van der Waals surface area contributed by atoms with Gasteiger partial charge in [-0.25, -0.2) is 0 Å². The van der Waals surface area contributed by atoms with Crippen LogP contribution in [0.5, 0.6) is 0 Å². The van der Waals surface area contributed by atoms with E-state index in [1.165, 1.54) is 51.4 Å². The van der Waals surface area contributed by atoms with Crippen LogP contribution in [0.2, 0.25) is 0 Å². The number of amides is 2. The van der Waals surface area contributed by atoms with Crippen LogP contribution in [0.15, 0.2) is 0 Å². The summed E-state index contributed by atoms with van der Waals surface area (Å²) in [5.74, 6) is -0.260. The van der Waals surface area contributed by atoms with Crippen molar-refractivity contribution in [2.45, 2.75) is 168 Å². The number of esters is 2. The molecule has 0 fully saturated rings.